The maximum atomic E-state index is 12.9. The predicted octanol–water partition coefficient (Wildman–Crippen LogP) is 3.25. The number of rotatable bonds is 9. The number of thiazole rings is 1. The van der Waals surface area contributed by atoms with Crippen LogP contribution in [-0.4, -0.2) is 58.5 Å². The van der Waals surface area contributed by atoms with Crippen molar-refractivity contribution in [2.24, 2.45) is 0 Å². The number of carbonyl (C=O) groups excluding carboxylic acids is 3. The van der Waals surface area contributed by atoms with E-state index in [2.05, 4.69) is 10.3 Å². The van der Waals surface area contributed by atoms with Gasteiger partial charge in [0.25, 0.3) is 5.91 Å². The second kappa shape index (κ2) is 11.2. The van der Waals surface area contributed by atoms with Crippen LogP contribution in [0.3, 0.4) is 0 Å². The number of phenolic OH excluding ortho intramolecular Hbond substituents is 1. The molecule has 2 amide bonds. The Hall–Kier alpha value is -3.66. The molecule has 186 valence electrons. The van der Waals surface area contributed by atoms with E-state index in [1.54, 1.807) is 43.9 Å². The quantitative estimate of drug-likeness (QED) is 0.388. The molecule has 0 saturated carbocycles. The lowest BCUT2D eigenvalue weighted by Crippen LogP contribution is -2.39. The van der Waals surface area contributed by atoms with E-state index in [0.29, 0.717) is 48.0 Å². The van der Waals surface area contributed by atoms with Crippen molar-refractivity contribution in [2.45, 2.75) is 39.2 Å². The van der Waals surface area contributed by atoms with Crippen LogP contribution in [-0.2, 0) is 22.4 Å². The average molecular weight is 500 g/mol. The van der Waals surface area contributed by atoms with Gasteiger partial charge in [-0.05, 0) is 62.9 Å². The number of H-pyrrole nitrogens is 1. The molecule has 0 aliphatic carbocycles. The number of aromatic amines is 1. The van der Waals surface area contributed by atoms with Gasteiger partial charge in [-0.1, -0.05) is 29.5 Å². The molecule has 1 heterocycles. The molecule has 10 heteroatoms. The summed E-state index contributed by atoms with van der Waals surface area (Å²) < 4.78 is 6.26. The van der Waals surface area contributed by atoms with E-state index in [4.69, 9.17) is 4.74 Å². The number of carbonyl (C=O) groups is 3. The molecular formula is C25H29N3O6S. The first-order valence-electron chi connectivity index (χ1n) is 11.2. The van der Waals surface area contributed by atoms with Crippen LogP contribution < -0.4 is 10.2 Å². The summed E-state index contributed by atoms with van der Waals surface area (Å²) in [5, 5.41) is 12.5. The lowest BCUT2D eigenvalue weighted by molar-refractivity contribution is -0.107. The van der Waals surface area contributed by atoms with Gasteiger partial charge in [-0.2, -0.15) is 0 Å². The molecule has 0 unspecified atom stereocenters. The van der Waals surface area contributed by atoms with Crippen LogP contribution in [0.5, 0.6) is 5.75 Å². The summed E-state index contributed by atoms with van der Waals surface area (Å²) in [4.78, 5) is 51.1. The van der Waals surface area contributed by atoms with E-state index in [1.807, 2.05) is 12.1 Å². The molecule has 9 nitrogen and oxygen atoms in total. The van der Waals surface area contributed by atoms with E-state index >= 15 is 0 Å². The van der Waals surface area contributed by atoms with Gasteiger partial charge in [0.1, 0.15) is 23.2 Å². The molecule has 1 aromatic heterocycles. The van der Waals surface area contributed by atoms with Crippen molar-refractivity contribution in [3.63, 3.8) is 0 Å². The number of aldehydes is 1. The maximum absolute atomic E-state index is 12.9. The minimum absolute atomic E-state index is 0.00869. The summed E-state index contributed by atoms with van der Waals surface area (Å²) in [7, 11) is 0. The largest absolute Gasteiger partial charge is 0.506 e. The first kappa shape index (κ1) is 26.0. The third kappa shape index (κ3) is 7.16. The minimum atomic E-state index is -0.655. The Labute approximate surface area is 206 Å². The van der Waals surface area contributed by atoms with E-state index in [9.17, 15) is 24.3 Å². The SMILES string of the molecule is CC(C)(C)OC(=O)N(CCc1ccc(C(=O)NCC=O)cc1)CCc1ccc(O)c2[nH]c(=O)sc12. The number of hydrogen-bond acceptors (Lipinski definition) is 7. The van der Waals surface area contributed by atoms with Crippen LogP contribution in [0.2, 0.25) is 0 Å². The van der Waals surface area contributed by atoms with Crippen LogP contribution in [0.1, 0.15) is 42.3 Å². The van der Waals surface area contributed by atoms with Gasteiger partial charge in [0, 0.05) is 18.7 Å². The maximum Gasteiger partial charge on any atom is 0.410 e. The topological polar surface area (TPSA) is 129 Å². The van der Waals surface area contributed by atoms with Gasteiger partial charge in [-0.25, -0.2) is 4.79 Å². The monoisotopic (exact) mass is 499 g/mol. The average Bonchev–Trinajstić information content (AvgIpc) is 3.20. The van der Waals surface area contributed by atoms with E-state index in [-0.39, 0.29) is 23.1 Å². The smallest absolute Gasteiger partial charge is 0.410 e. The van der Waals surface area contributed by atoms with Gasteiger partial charge in [-0.15, -0.1) is 0 Å². The van der Waals surface area contributed by atoms with Crippen LogP contribution >= 0.6 is 11.3 Å². The molecule has 0 saturated heterocycles. The van der Waals surface area contributed by atoms with Crippen molar-refractivity contribution in [1.82, 2.24) is 15.2 Å². The zero-order chi connectivity index (χ0) is 25.6. The number of hydrogen-bond donors (Lipinski definition) is 3. The van der Waals surface area contributed by atoms with Gasteiger partial charge in [0.05, 0.1) is 11.2 Å². The number of phenols is 1. The Morgan fingerprint density at radius 3 is 2.46 bits per heavy atom. The molecule has 0 fully saturated rings. The number of fused-ring (bicyclic) bond motifs is 1. The first-order chi connectivity index (χ1) is 16.6. The van der Waals surface area contributed by atoms with Crippen LogP contribution in [0.15, 0.2) is 41.2 Å². The van der Waals surface area contributed by atoms with Crippen molar-refractivity contribution >= 4 is 39.8 Å². The zero-order valence-corrected chi connectivity index (χ0v) is 20.7. The summed E-state index contributed by atoms with van der Waals surface area (Å²) in [6.45, 7) is 6.11. The number of amides is 2. The van der Waals surface area contributed by atoms with Gasteiger partial charge >= 0.3 is 11.0 Å². The summed E-state index contributed by atoms with van der Waals surface area (Å²) in [6.07, 6.45) is 1.19. The Morgan fingerprint density at radius 1 is 1.11 bits per heavy atom. The van der Waals surface area contributed by atoms with Crippen LogP contribution in [0, 0.1) is 0 Å². The fraction of sp³-hybridized carbons (Fsp3) is 0.360. The Morgan fingerprint density at radius 2 is 1.80 bits per heavy atom. The molecule has 35 heavy (non-hydrogen) atoms. The summed E-state index contributed by atoms with van der Waals surface area (Å²) in [5.41, 5.74) is 1.97. The molecule has 0 radical (unpaired) electrons. The molecule has 0 aliphatic heterocycles. The molecule has 2 aromatic carbocycles. The highest BCUT2D eigenvalue weighted by Crippen LogP contribution is 2.28. The second-order valence-electron chi connectivity index (χ2n) is 9.00. The normalized spacial score (nSPS) is 11.3. The molecule has 0 bridgehead atoms. The third-order valence-corrected chi connectivity index (χ3v) is 6.13. The zero-order valence-electron chi connectivity index (χ0n) is 19.9. The van der Waals surface area contributed by atoms with Crippen LogP contribution in [0.25, 0.3) is 10.2 Å². The lowest BCUT2D eigenvalue weighted by Gasteiger charge is -2.27. The molecule has 0 aliphatic rings. The van der Waals surface area contributed by atoms with E-state index < -0.39 is 11.7 Å². The molecule has 3 N–H and O–H groups in total. The number of nitrogens with one attached hydrogen (secondary N) is 2. The molecule has 0 spiro atoms. The van der Waals surface area contributed by atoms with Crippen molar-refractivity contribution < 1.29 is 24.2 Å². The van der Waals surface area contributed by atoms with Gasteiger partial charge in [0.2, 0.25) is 0 Å². The summed E-state index contributed by atoms with van der Waals surface area (Å²) in [5.74, 6) is -0.319. The number of benzene rings is 2. The number of ether oxygens (including phenoxy) is 1. The first-order valence-corrected chi connectivity index (χ1v) is 12.0. The number of aromatic hydroxyl groups is 1. The molecule has 3 aromatic rings. The fourth-order valence-corrected chi connectivity index (χ4v) is 4.37. The van der Waals surface area contributed by atoms with Crippen molar-refractivity contribution in [3.8, 4) is 5.75 Å². The van der Waals surface area contributed by atoms with E-state index in [0.717, 1.165) is 22.5 Å². The number of aromatic nitrogens is 1. The fourth-order valence-electron chi connectivity index (χ4n) is 3.47. The molecule has 3 rings (SSSR count). The standard InChI is InChI=1S/C25H29N3O6S/c1-25(2,3)34-24(33)28(13-10-16-4-6-18(7-5-16)22(31)26-12-15-29)14-11-17-8-9-19(30)20-21(17)35-23(32)27-20/h4-9,15,30H,10-14H2,1-3H3,(H,26,31)(H,27,32). The Bertz CT molecular complexity index is 1260. The Kier molecular flexibility index (Phi) is 8.29. The molecular weight excluding hydrogens is 470 g/mol. The minimum Gasteiger partial charge on any atom is -0.506 e. The highest BCUT2D eigenvalue weighted by atomic mass is 32.1. The Balaban J connectivity index is 1.71. The van der Waals surface area contributed by atoms with Crippen molar-refractivity contribution in [3.05, 3.63) is 62.8 Å². The van der Waals surface area contributed by atoms with Gasteiger partial charge in [-0.3, -0.25) is 9.59 Å². The molecule has 0 atom stereocenters. The van der Waals surface area contributed by atoms with Gasteiger partial charge in [0.15, 0.2) is 0 Å². The summed E-state index contributed by atoms with van der Waals surface area (Å²) >= 11 is 1.02. The van der Waals surface area contributed by atoms with Crippen LogP contribution in [0.4, 0.5) is 4.79 Å². The van der Waals surface area contributed by atoms with Crippen molar-refractivity contribution in [1.29, 1.82) is 0 Å². The third-order valence-electron chi connectivity index (χ3n) is 5.17. The highest BCUT2D eigenvalue weighted by molar-refractivity contribution is 7.16. The highest BCUT2D eigenvalue weighted by Gasteiger charge is 2.22. The number of nitrogens with zero attached hydrogens (tertiary/aromatic N) is 1. The van der Waals surface area contributed by atoms with Gasteiger partial charge < -0.3 is 29.8 Å². The lowest BCUT2D eigenvalue weighted by atomic mass is 10.1. The predicted molar refractivity (Wildman–Crippen MR) is 134 cm³/mol. The van der Waals surface area contributed by atoms with E-state index in [1.165, 1.54) is 6.07 Å². The second-order valence-corrected chi connectivity index (χ2v) is 9.99. The van der Waals surface area contributed by atoms with Crippen molar-refractivity contribution in [2.75, 3.05) is 19.6 Å². The summed E-state index contributed by atoms with van der Waals surface area (Å²) in [6, 6.07) is 10.3.